The molecule has 0 aliphatic rings. The lowest BCUT2D eigenvalue weighted by molar-refractivity contribution is -0.117. The van der Waals surface area contributed by atoms with Crippen LogP contribution in [0.4, 0.5) is 11.5 Å². The summed E-state index contributed by atoms with van der Waals surface area (Å²) < 4.78 is 2.50. The van der Waals surface area contributed by atoms with Crippen molar-refractivity contribution in [2.45, 2.75) is 59.0 Å². The maximum absolute atomic E-state index is 12.9. The predicted octanol–water partition coefficient (Wildman–Crippen LogP) is 2.54. The topological polar surface area (TPSA) is 99.1 Å². The summed E-state index contributed by atoms with van der Waals surface area (Å²) in [5, 5.41) is 2.70. The Hall–Kier alpha value is -2.83. The molecule has 7 heteroatoms. The van der Waals surface area contributed by atoms with Crippen LogP contribution in [0.3, 0.4) is 0 Å². The Labute approximate surface area is 158 Å². The molecule has 3 N–H and O–H groups in total. The van der Waals surface area contributed by atoms with E-state index in [2.05, 4.69) is 5.32 Å². The minimum atomic E-state index is -0.553. The predicted molar refractivity (Wildman–Crippen MR) is 108 cm³/mol. The number of nitrogens with two attached hydrogens (primary N) is 1. The summed E-state index contributed by atoms with van der Waals surface area (Å²) in [6, 6.07) is 9.38. The molecule has 1 amide bonds. The van der Waals surface area contributed by atoms with Crippen molar-refractivity contribution in [3.8, 4) is 0 Å². The van der Waals surface area contributed by atoms with E-state index >= 15 is 0 Å². The van der Waals surface area contributed by atoms with Crippen LogP contribution in [0.1, 0.15) is 51.5 Å². The minimum absolute atomic E-state index is 0.00969. The third-order valence-corrected chi connectivity index (χ3v) is 4.54. The monoisotopic (exact) mass is 372 g/mol. The SMILES string of the molecule is CCCn1c(N)c(NC(=O)C(CC)c2ccccc2)c(=O)n(CCC)c1=O. The van der Waals surface area contributed by atoms with E-state index < -0.39 is 17.2 Å². The van der Waals surface area contributed by atoms with Gasteiger partial charge in [-0.25, -0.2) is 4.79 Å². The number of rotatable bonds is 8. The molecular formula is C20H28N4O3. The van der Waals surface area contributed by atoms with Crippen LogP contribution in [0.5, 0.6) is 0 Å². The largest absolute Gasteiger partial charge is 0.383 e. The lowest BCUT2D eigenvalue weighted by atomic mass is 9.95. The van der Waals surface area contributed by atoms with Crippen molar-refractivity contribution in [1.82, 2.24) is 9.13 Å². The van der Waals surface area contributed by atoms with Crippen LogP contribution in [-0.2, 0) is 17.9 Å². The number of amides is 1. The number of nitrogens with zero attached hydrogens (tertiary/aromatic N) is 2. The van der Waals surface area contributed by atoms with Crippen LogP contribution in [0.2, 0.25) is 0 Å². The number of carbonyl (C=O) groups is 1. The number of carbonyl (C=O) groups excluding carboxylic acids is 1. The van der Waals surface area contributed by atoms with Gasteiger partial charge < -0.3 is 11.1 Å². The van der Waals surface area contributed by atoms with Crippen molar-refractivity contribution >= 4 is 17.4 Å². The zero-order valence-corrected chi connectivity index (χ0v) is 16.2. The molecule has 0 aliphatic carbocycles. The van der Waals surface area contributed by atoms with Crippen molar-refractivity contribution in [2.24, 2.45) is 0 Å². The lowest BCUT2D eigenvalue weighted by Gasteiger charge is -2.19. The zero-order chi connectivity index (χ0) is 20.0. The zero-order valence-electron chi connectivity index (χ0n) is 16.2. The molecule has 0 saturated heterocycles. The third kappa shape index (κ3) is 4.30. The van der Waals surface area contributed by atoms with Crippen LogP contribution < -0.4 is 22.3 Å². The molecule has 2 aromatic rings. The maximum Gasteiger partial charge on any atom is 0.332 e. The molecule has 0 saturated carbocycles. The molecule has 1 aromatic heterocycles. The van der Waals surface area contributed by atoms with E-state index in [4.69, 9.17) is 5.73 Å². The molecule has 0 bridgehead atoms. The Balaban J connectivity index is 2.49. The average Bonchev–Trinajstić information content (AvgIpc) is 2.67. The van der Waals surface area contributed by atoms with Gasteiger partial charge in [-0.15, -0.1) is 0 Å². The van der Waals surface area contributed by atoms with Gasteiger partial charge in [-0.3, -0.25) is 18.7 Å². The van der Waals surface area contributed by atoms with Crippen LogP contribution in [0, 0.1) is 0 Å². The van der Waals surface area contributed by atoms with Crippen LogP contribution in [0.25, 0.3) is 0 Å². The van der Waals surface area contributed by atoms with Crippen molar-refractivity contribution < 1.29 is 4.79 Å². The highest BCUT2D eigenvalue weighted by molar-refractivity contribution is 5.97. The number of hydrogen-bond acceptors (Lipinski definition) is 4. The summed E-state index contributed by atoms with van der Waals surface area (Å²) in [5.74, 6) is -0.705. The van der Waals surface area contributed by atoms with Crippen molar-refractivity contribution in [1.29, 1.82) is 0 Å². The molecule has 0 spiro atoms. The van der Waals surface area contributed by atoms with Crippen LogP contribution >= 0.6 is 0 Å². The summed E-state index contributed by atoms with van der Waals surface area (Å²) >= 11 is 0. The fraction of sp³-hybridized carbons (Fsp3) is 0.450. The quantitative estimate of drug-likeness (QED) is 0.744. The second kappa shape index (κ2) is 9.21. The van der Waals surface area contributed by atoms with Gasteiger partial charge in [0.25, 0.3) is 5.56 Å². The number of hydrogen-bond donors (Lipinski definition) is 2. The summed E-state index contributed by atoms with van der Waals surface area (Å²) in [6.07, 6.45) is 1.89. The van der Waals surface area contributed by atoms with E-state index in [0.717, 1.165) is 10.1 Å². The molecule has 0 radical (unpaired) electrons. The molecule has 2 rings (SSSR count). The van der Waals surface area contributed by atoms with Crippen molar-refractivity contribution in [3.63, 3.8) is 0 Å². The van der Waals surface area contributed by atoms with E-state index in [1.165, 1.54) is 4.57 Å². The van der Waals surface area contributed by atoms with Gasteiger partial charge in [-0.2, -0.15) is 0 Å². The smallest absolute Gasteiger partial charge is 0.332 e. The lowest BCUT2D eigenvalue weighted by Crippen LogP contribution is -2.43. The summed E-state index contributed by atoms with van der Waals surface area (Å²) in [5.41, 5.74) is 5.96. The molecule has 146 valence electrons. The van der Waals surface area contributed by atoms with E-state index in [1.54, 1.807) is 0 Å². The molecule has 1 aromatic carbocycles. The molecule has 7 nitrogen and oxygen atoms in total. The number of anilines is 2. The second-order valence-electron chi connectivity index (χ2n) is 6.51. The standard InChI is InChI=1S/C20H28N4O3/c1-4-12-23-17(21)16(19(26)24(13-5-2)20(23)27)22-18(25)15(6-3)14-10-8-7-9-11-14/h7-11,15H,4-6,12-13,21H2,1-3H3,(H,22,25). The minimum Gasteiger partial charge on any atom is -0.383 e. The highest BCUT2D eigenvalue weighted by atomic mass is 16.2. The van der Waals surface area contributed by atoms with Gasteiger partial charge in [-0.05, 0) is 24.8 Å². The molecule has 27 heavy (non-hydrogen) atoms. The molecule has 1 unspecified atom stereocenters. The highest BCUT2D eigenvalue weighted by Crippen LogP contribution is 2.22. The van der Waals surface area contributed by atoms with Gasteiger partial charge in [0.1, 0.15) is 11.5 Å². The molecule has 1 heterocycles. The van der Waals surface area contributed by atoms with Crippen LogP contribution in [0.15, 0.2) is 39.9 Å². The first-order chi connectivity index (χ1) is 13.0. The molecule has 1 atom stereocenters. The van der Waals surface area contributed by atoms with Crippen molar-refractivity contribution in [2.75, 3.05) is 11.1 Å². The van der Waals surface area contributed by atoms with E-state index in [0.29, 0.717) is 25.8 Å². The summed E-state index contributed by atoms with van der Waals surface area (Å²) in [6.45, 7) is 6.37. The fourth-order valence-electron chi connectivity index (χ4n) is 3.16. The first kappa shape index (κ1) is 20.5. The van der Waals surface area contributed by atoms with E-state index in [1.807, 2.05) is 51.1 Å². The Morgan fingerprint density at radius 3 is 2.19 bits per heavy atom. The molecule has 0 fully saturated rings. The van der Waals surface area contributed by atoms with Gasteiger partial charge >= 0.3 is 5.69 Å². The number of aromatic nitrogens is 2. The maximum atomic E-state index is 12.9. The average molecular weight is 372 g/mol. The summed E-state index contributed by atoms with van der Waals surface area (Å²) in [4.78, 5) is 38.2. The van der Waals surface area contributed by atoms with Gasteiger partial charge in [0.15, 0.2) is 0 Å². The third-order valence-electron chi connectivity index (χ3n) is 4.54. The Morgan fingerprint density at radius 2 is 1.63 bits per heavy atom. The molecule has 0 aliphatic heterocycles. The number of nitrogen functional groups attached to an aromatic ring is 1. The normalized spacial score (nSPS) is 12.0. The Morgan fingerprint density at radius 1 is 1.04 bits per heavy atom. The van der Waals surface area contributed by atoms with Gasteiger partial charge in [0, 0.05) is 13.1 Å². The van der Waals surface area contributed by atoms with Crippen LogP contribution in [-0.4, -0.2) is 15.0 Å². The Kier molecular flexibility index (Phi) is 6.98. The molecular weight excluding hydrogens is 344 g/mol. The Bertz CT molecular complexity index is 900. The first-order valence-corrected chi connectivity index (χ1v) is 9.45. The van der Waals surface area contributed by atoms with Crippen molar-refractivity contribution in [3.05, 3.63) is 56.7 Å². The van der Waals surface area contributed by atoms with E-state index in [-0.39, 0.29) is 24.0 Å². The first-order valence-electron chi connectivity index (χ1n) is 9.45. The fourth-order valence-corrected chi connectivity index (χ4v) is 3.16. The van der Waals surface area contributed by atoms with E-state index in [9.17, 15) is 14.4 Å². The van der Waals surface area contributed by atoms with Gasteiger partial charge in [0.2, 0.25) is 5.91 Å². The summed E-state index contributed by atoms with van der Waals surface area (Å²) in [7, 11) is 0. The van der Waals surface area contributed by atoms with Gasteiger partial charge in [-0.1, -0.05) is 51.1 Å². The second-order valence-corrected chi connectivity index (χ2v) is 6.51. The number of nitrogens with one attached hydrogen (secondary N) is 1. The highest BCUT2D eigenvalue weighted by Gasteiger charge is 2.23. The number of benzene rings is 1. The van der Waals surface area contributed by atoms with Gasteiger partial charge in [0.05, 0.1) is 5.92 Å².